The van der Waals surface area contributed by atoms with Gasteiger partial charge in [0.05, 0.1) is 19.2 Å². The number of pyridine rings is 1. The Morgan fingerprint density at radius 3 is 2.62 bits per heavy atom. The molecule has 3 aliphatic rings. The van der Waals surface area contributed by atoms with Gasteiger partial charge in [-0.3, -0.25) is 0 Å². The number of methoxy groups -OCH3 is 1. The summed E-state index contributed by atoms with van der Waals surface area (Å²) in [6, 6.07) is 4.84. The standard InChI is InChI=1S/C24H33N3O2/c1-28-22-15-20-18-9-5-10-19(18)24(25-17-7-4-8-17)26-21(20)16-23(22)29-14-6-13-27-11-2-3-12-27/h15-17H,2-14H2,1H3,(H,25,26). The molecule has 2 aliphatic carbocycles. The zero-order valence-electron chi connectivity index (χ0n) is 17.6. The Kier molecular flexibility index (Phi) is 5.49. The lowest BCUT2D eigenvalue weighted by Crippen LogP contribution is -2.28. The first kappa shape index (κ1) is 19.0. The fourth-order valence-electron chi connectivity index (χ4n) is 4.99. The summed E-state index contributed by atoms with van der Waals surface area (Å²) >= 11 is 0. The highest BCUT2D eigenvalue weighted by molar-refractivity contribution is 5.89. The first-order valence-electron chi connectivity index (χ1n) is 11.5. The molecule has 2 fully saturated rings. The lowest BCUT2D eigenvalue weighted by molar-refractivity contribution is 0.254. The van der Waals surface area contributed by atoms with Crippen LogP contribution in [0.1, 0.15) is 56.1 Å². The molecule has 1 aromatic heterocycles. The molecule has 5 nitrogen and oxygen atoms in total. The average Bonchev–Trinajstić information content (AvgIpc) is 3.39. The quantitative estimate of drug-likeness (QED) is 0.664. The number of benzene rings is 1. The molecule has 0 spiro atoms. The maximum Gasteiger partial charge on any atom is 0.163 e. The number of likely N-dealkylation sites (tertiary alicyclic amines) is 1. The van der Waals surface area contributed by atoms with E-state index < -0.39 is 0 Å². The zero-order chi connectivity index (χ0) is 19.6. The summed E-state index contributed by atoms with van der Waals surface area (Å²) < 4.78 is 11.8. The molecule has 2 aromatic rings. The van der Waals surface area contributed by atoms with Gasteiger partial charge >= 0.3 is 0 Å². The first-order chi connectivity index (χ1) is 14.3. The van der Waals surface area contributed by atoms with Gasteiger partial charge in [0.15, 0.2) is 11.5 Å². The van der Waals surface area contributed by atoms with Crippen LogP contribution in [0, 0.1) is 0 Å². The maximum absolute atomic E-state index is 6.16. The first-order valence-corrected chi connectivity index (χ1v) is 11.5. The molecule has 0 radical (unpaired) electrons. The van der Waals surface area contributed by atoms with Crippen LogP contribution < -0.4 is 14.8 Å². The molecule has 0 bridgehead atoms. The Morgan fingerprint density at radius 2 is 1.86 bits per heavy atom. The Labute approximate surface area is 173 Å². The summed E-state index contributed by atoms with van der Waals surface area (Å²) in [6.45, 7) is 4.32. The van der Waals surface area contributed by atoms with Crippen LogP contribution in [0.3, 0.4) is 0 Å². The highest BCUT2D eigenvalue weighted by Gasteiger charge is 2.25. The molecule has 1 N–H and O–H groups in total. The SMILES string of the molecule is COc1cc2c3c(c(NC4CCC4)nc2cc1OCCCN1CCCC1)CCC3. The molecule has 1 saturated carbocycles. The predicted molar refractivity (Wildman–Crippen MR) is 117 cm³/mol. The highest BCUT2D eigenvalue weighted by Crippen LogP contribution is 2.40. The van der Waals surface area contributed by atoms with E-state index in [1.807, 2.05) is 0 Å². The molecule has 0 amide bonds. The summed E-state index contributed by atoms with van der Waals surface area (Å²) in [4.78, 5) is 7.57. The minimum absolute atomic E-state index is 0.601. The van der Waals surface area contributed by atoms with E-state index in [2.05, 4.69) is 22.3 Å². The second-order valence-corrected chi connectivity index (χ2v) is 8.81. The van der Waals surface area contributed by atoms with Gasteiger partial charge in [0.1, 0.15) is 5.82 Å². The van der Waals surface area contributed by atoms with E-state index in [1.54, 1.807) is 7.11 Å². The molecular formula is C24H33N3O2. The second-order valence-electron chi connectivity index (χ2n) is 8.81. The van der Waals surface area contributed by atoms with Gasteiger partial charge in [0.25, 0.3) is 0 Å². The van der Waals surface area contributed by atoms with Crippen LogP contribution in [0.25, 0.3) is 10.9 Å². The number of aryl methyl sites for hydroxylation is 1. The van der Waals surface area contributed by atoms with Gasteiger partial charge in [-0.05, 0) is 88.1 Å². The van der Waals surface area contributed by atoms with Gasteiger partial charge in [-0.1, -0.05) is 0 Å². The van der Waals surface area contributed by atoms with E-state index in [4.69, 9.17) is 14.5 Å². The summed E-state index contributed by atoms with van der Waals surface area (Å²) in [5.74, 6) is 2.76. The lowest BCUT2D eigenvalue weighted by Gasteiger charge is -2.28. The molecule has 1 aliphatic heterocycles. The number of anilines is 1. The number of fused-ring (bicyclic) bond motifs is 3. The number of hydrogen-bond acceptors (Lipinski definition) is 5. The number of rotatable bonds is 8. The second kappa shape index (κ2) is 8.39. The molecule has 5 heteroatoms. The van der Waals surface area contributed by atoms with Crippen molar-refractivity contribution >= 4 is 16.7 Å². The number of nitrogens with one attached hydrogen (secondary N) is 1. The summed E-state index contributed by atoms with van der Waals surface area (Å²) in [7, 11) is 1.73. The third kappa shape index (κ3) is 3.89. The predicted octanol–water partition coefficient (Wildman–Crippen LogP) is 4.56. The van der Waals surface area contributed by atoms with Crippen LogP contribution in [0.15, 0.2) is 12.1 Å². The van der Waals surface area contributed by atoms with Gasteiger partial charge in [-0.25, -0.2) is 4.98 Å². The zero-order valence-corrected chi connectivity index (χ0v) is 17.6. The largest absolute Gasteiger partial charge is 0.493 e. The summed E-state index contributed by atoms with van der Waals surface area (Å²) in [5, 5.41) is 4.95. The van der Waals surface area contributed by atoms with Gasteiger partial charge in [-0.15, -0.1) is 0 Å². The monoisotopic (exact) mass is 395 g/mol. The minimum atomic E-state index is 0.601. The fraction of sp³-hybridized carbons (Fsp3) is 0.625. The van der Waals surface area contributed by atoms with Crippen molar-refractivity contribution in [2.24, 2.45) is 0 Å². The highest BCUT2D eigenvalue weighted by atomic mass is 16.5. The molecule has 2 heterocycles. The Balaban J connectivity index is 1.37. The van der Waals surface area contributed by atoms with Crippen molar-refractivity contribution in [1.82, 2.24) is 9.88 Å². The van der Waals surface area contributed by atoms with Crippen molar-refractivity contribution in [3.8, 4) is 11.5 Å². The molecule has 1 aromatic carbocycles. The molecule has 156 valence electrons. The van der Waals surface area contributed by atoms with Crippen LogP contribution in [-0.2, 0) is 12.8 Å². The molecule has 1 saturated heterocycles. The summed E-state index contributed by atoms with van der Waals surface area (Å²) in [6.07, 6.45) is 11.1. The summed E-state index contributed by atoms with van der Waals surface area (Å²) in [5.41, 5.74) is 3.91. The van der Waals surface area contributed by atoms with Crippen LogP contribution in [0.2, 0.25) is 0 Å². The van der Waals surface area contributed by atoms with Crippen LogP contribution in [0.4, 0.5) is 5.82 Å². The van der Waals surface area contributed by atoms with Crippen molar-refractivity contribution in [1.29, 1.82) is 0 Å². The van der Waals surface area contributed by atoms with Gasteiger partial charge in [-0.2, -0.15) is 0 Å². The Hall–Kier alpha value is -2.01. The molecule has 0 unspecified atom stereocenters. The number of ether oxygens (including phenoxy) is 2. The molecular weight excluding hydrogens is 362 g/mol. The lowest BCUT2D eigenvalue weighted by atomic mass is 9.93. The topological polar surface area (TPSA) is 46.6 Å². The van der Waals surface area contributed by atoms with E-state index in [-0.39, 0.29) is 0 Å². The van der Waals surface area contributed by atoms with E-state index in [0.717, 1.165) is 55.2 Å². The normalized spacial score (nSPS) is 19.3. The third-order valence-corrected chi connectivity index (χ3v) is 6.86. The van der Waals surface area contributed by atoms with E-state index in [9.17, 15) is 0 Å². The van der Waals surface area contributed by atoms with Gasteiger partial charge < -0.3 is 19.7 Å². The smallest absolute Gasteiger partial charge is 0.163 e. The Bertz CT molecular complexity index is 872. The third-order valence-electron chi connectivity index (χ3n) is 6.86. The van der Waals surface area contributed by atoms with Gasteiger partial charge in [0.2, 0.25) is 0 Å². The molecule has 0 atom stereocenters. The average molecular weight is 396 g/mol. The van der Waals surface area contributed by atoms with Gasteiger partial charge in [0, 0.05) is 24.0 Å². The van der Waals surface area contributed by atoms with Crippen molar-refractivity contribution < 1.29 is 9.47 Å². The van der Waals surface area contributed by atoms with Crippen LogP contribution in [0.5, 0.6) is 11.5 Å². The van der Waals surface area contributed by atoms with Crippen molar-refractivity contribution in [3.05, 3.63) is 23.3 Å². The van der Waals surface area contributed by atoms with Crippen LogP contribution >= 0.6 is 0 Å². The fourth-order valence-corrected chi connectivity index (χ4v) is 4.99. The van der Waals surface area contributed by atoms with E-state index in [1.165, 1.54) is 68.1 Å². The maximum atomic E-state index is 6.16. The van der Waals surface area contributed by atoms with E-state index in [0.29, 0.717) is 6.04 Å². The number of hydrogen-bond donors (Lipinski definition) is 1. The van der Waals surface area contributed by atoms with Crippen LogP contribution in [-0.4, -0.2) is 49.3 Å². The van der Waals surface area contributed by atoms with E-state index >= 15 is 0 Å². The molecule has 29 heavy (non-hydrogen) atoms. The van der Waals surface area contributed by atoms with Crippen molar-refractivity contribution in [2.75, 3.05) is 38.7 Å². The number of aromatic nitrogens is 1. The Morgan fingerprint density at radius 1 is 1.03 bits per heavy atom. The van der Waals surface area contributed by atoms with Crippen molar-refractivity contribution in [2.45, 2.75) is 63.8 Å². The van der Waals surface area contributed by atoms with Crippen molar-refractivity contribution in [3.63, 3.8) is 0 Å². The minimum Gasteiger partial charge on any atom is -0.493 e. The molecule has 5 rings (SSSR count). The number of nitrogens with zero attached hydrogens (tertiary/aromatic N) is 2.